The summed E-state index contributed by atoms with van der Waals surface area (Å²) in [7, 11) is -3.62. The van der Waals surface area contributed by atoms with Gasteiger partial charge in [0.1, 0.15) is 0 Å². The molecule has 0 heterocycles. The lowest BCUT2D eigenvalue weighted by molar-refractivity contribution is 0.313. The first-order chi connectivity index (χ1) is 7.79. The molecule has 0 aliphatic rings. The van der Waals surface area contributed by atoms with Gasteiger partial charge in [0.2, 0.25) is 10.0 Å². The van der Waals surface area contributed by atoms with Crippen molar-refractivity contribution in [3.63, 3.8) is 0 Å². The molecule has 0 radical (unpaired) electrons. The van der Waals surface area contributed by atoms with Crippen LogP contribution in [0.1, 0.15) is 20.8 Å². The summed E-state index contributed by atoms with van der Waals surface area (Å²) in [5, 5.41) is 11.7. The molecule has 0 spiro atoms. The van der Waals surface area contributed by atoms with Crippen LogP contribution < -0.4 is 4.72 Å². The summed E-state index contributed by atoms with van der Waals surface area (Å²) in [4.78, 5) is 0.179. The average molecular weight is 256 g/mol. The minimum absolute atomic E-state index is 0.179. The Morgan fingerprint density at radius 2 is 1.82 bits per heavy atom. The lowest BCUT2D eigenvalue weighted by Crippen LogP contribution is -2.48. The van der Waals surface area contributed by atoms with Gasteiger partial charge in [0.25, 0.3) is 0 Å². The molecule has 1 aromatic rings. The zero-order valence-electron chi connectivity index (χ0n) is 10.0. The van der Waals surface area contributed by atoms with Crippen LogP contribution in [-0.2, 0) is 10.0 Å². The van der Waals surface area contributed by atoms with Gasteiger partial charge in [0, 0.05) is 0 Å². The number of hydrogen-bond acceptors (Lipinski definition) is 4. The molecule has 94 valence electrons. The molecule has 0 atom stereocenters. The maximum absolute atomic E-state index is 12.0. The second-order valence-electron chi connectivity index (χ2n) is 4.23. The van der Waals surface area contributed by atoms with E-state index in [1.807, 2.05) is 0 Å². The van der Waals surface area contributed by atoms with Crippen molar-refractivity contribution in [2.45, 2.75) is 31.2 Å². The van der Waals surface area contributed by atoms with E-state index in [2.05, 4.69) is 9.88 Å². The third-order valence-electron chi connectivity index (χ3n) is 2.50. The number of benzene rings is 1. The van der Waals surface area contributed by atoms with Crippen LogP contribution in [-0.4, -0.2) is 24.9 Å². The van der Waals surface area contributed by atoms with Gasteiger partial charge < -0.3 is 5.21 Å². The predicted octanol–water partition coefficient (Wildman–Crippen LogP) is 1.59. The molecule has 1 aromatic carbocycles. The molecule has 0 aliphatic carbocycles. The van der Waals surface area contributed by atoms with Crippen LogP contribution in [0.5, 0.6) is 0 Å². The number of nitrogens with zero attached hydrogens (tertiary/aromatic N) is 1. The normalized spacial score (nSPS) is 13.7. The molecule has 0 fully saturated rings. The van der Waals surface area contributed by atoms with Gasteiger partial charge in [0.05, 0.1) is 16.1 Å². The lowest BCUT2D eigenvalue weighted by Gasteiger charge is -2.24. The number of rotatable bonds is 4. The SMILES string of the molecule is C/C(=N\O)C(C)(C)NS(=O)(=O)c1ccccc1. The molecule has 0 unspecified atom stereocenters. The molecule has 1 rings (SSSR count). The quantitative estimate of drug-likeness (QED) is 0.488. The first-order valence-electron chi connectivity index (χ1n) is 5.08. The smallest absolute Gasteiger partial charge is 0.241 e. The van der Waals surface area contributed by atoms with Gasteiger partial charge in [-0.25, -0.2) is 8.42 Å². The molecular formula is C11H16N2O3S. The van der Waals surface area contributed by atoms with Crippen LogP contribution >= 0.6 is 0 Å². The third-order valence-corrected chi connectivity index (χ3v) is 4.17. The summed E-state index contributed by atoms with van der Waals surface area (Å²) < 4.78 is 26.5. The van der Waals surface area contributed by atoms with Crippen molar-refractivity contribution in [1.29, 1.82) is 0 Å². The monoisotopic (exact) mass is 256 g/mol. The van der Waals surface area contributed by atoms with Crippen molar-refractivity contribution in [1.82, 2.24) is 4.72 Å². The first-order valence-corrected chi connectivity index (χ1v) is 6.56. The Morgan fingerprint density at radius 1 is 1.29 bits per heavy atom. The molecule has 0 amide bonds. The van der Waals surface area contributed by atoms with Crippen molar-refractivity contribution < 1.29 is 13.6 Å². The summed E-state index contributed by atoms with van der Waals surface area (Å²) in [6.45, 7) is 4.80. The summed E-state index contributed by atoms with van der Waals surface area (Å²) in [6.07, 6.45) is 0. The summed E-state index contributed by atoms with van der Waals surface area (Å²) in [5.74, 6) is 0. The van der Waals surface area contributed by atoms with Crippen LogP contribution in [0.3, 0.4) is 0 Å². The summed E-state index contributed by atoms with van der Waals surface area (Å²) in [5.41, 5.74) is -0.652. The minimum atomic E-state index is -3.62. The lowest BCUT2D eigenvalue weighted by atomic mass is 10.0. The van der Waals surface area contributed by atoms with Crippen molar-refractivity contribution in [2.24, 2.45) is 5.16 Å². The van der Waals surface area contributed by atoms with E-state index in [1.165, 1.54) is 12.1 Å². The molecule has 0 bridgehead atoms. The van der Waals surface area contributed by atoms with Crippen molar-refractivity contribution in [3.05, 3.63) is 30.3 Å². The second kappa shape index (κ2) is 4.85. The second-order valence-corrected chi connectivity index (χ2v) is 5.91. The van der Waals surface area contributed by atoms with E-state index in [1.54, 1.807) is 39.0 Å². The predicted molar refractivity (Wildman–Crippen MR) is 65.7 cm³/mol. The summed E-state index contributed by atoms with van der Waals surface area (Å²) in [6, 6.07) is 8.04. The van der Waals surface area contributed by atoms with Crippen molar-refractivity contribution in [2.75, 3.05) is 0 Å². The molecule has 0 saturated heterocycles. The van der Waals surface area contributed by atoms with Gasteiger partial charge >= 0.3 is 0 Å². The highest BCUT2D eigenvalue weighted by atomic mass is 32.2. The van der Waals surface area contributed by atoms with Crippen LogP contribution in [0.2, 0.25) is 0 Å². The van der Waals surface area contributed by atoms with Gasteiger partial charge in [-0.3, -0.25) is 0 Å². The number of oxime groups is 1. The van der Waals surface area contributed by atoms with E-state index in [4.69, 9.17) is 5.21 Å². The van der Waals surface area contributed by atoms with Gasteiger partial charge in [-0.2, -0.15) is 4.72 Å². The molecular weight excluding hydrogens is 240 g/mol. The largest absolute Gasteiger partial charge is 0.411 e. The van der Waals surface area contributed by atoms with Crippen LogP contribution in [0, 0.1) is 0 Å². The van der Waals surface area contributed by atoms with Crippen LogP contribution in [0.25, 0.3) is 0 Å². The van der Waals surface area contributed by atoms with Gasteiger partial charge in [-0.1, -0.05) is 23.4 Å². The van der Waals surface area contributed by atoms with E-state index < -0.39 is 15.6 Å². The molecule has 5 nitrogen and oxygen atoms in total. The highest BCUT2D eigenvalue weighted by Crippen LogP contribution is 2.13. The fourth-order valence-corrected chi connectivity index (χ4v) is 2.65. The Balaban J connectivity index is 3.04. The Kier molecular flexibility index (Phi) is 3.90. The van der Waals surface area contributed by atoms with Gasteiger partial charge in [-0.15, -0.1) is 0 Å². The first kappa shape index (κ1) is 13.7. The molecule has 0 saturated carbocycles. The van der Waals surface area contributed by atoms with Gasteiger partial charge in [-0.05, 0) is 32.9 Å². The summed E-state index contributed by atoms with van der Waals surface area (Å²) >= 11 is 0. The standard InChI is InChI=1S/C11H16N2O3S/c1-9(12-14)11(2,3)13-17(15,16)10-7-5-4-6-8-10/h4-8,13-14H,1-3H3/b12-9+. The Morgan fingerprint density at radius 3 is 2.29 bits per heavy atom. The number of nitrogens with one attached hydrogen (secondary N) is 1. The van der Waals surface area contributed by atoms with Crippen LogP contribution in [0.4, 0.5) is 0 Å². The van der Waals surface area contributed by atoms with Gasteiger partial charge in [0.15, 0.2) is 0 Å². The number of sulfonamides is 1. The Bertz CT molecular complexity index is 507. The zero-order chi connectivity index (χ0) is 13.1. The molecule has 2 N–H and O–H groups in total. The number of hydrogen-bond donors (Lipinski definition) is 2. The fraction of sp³-hybridized carbons (Fsp3) is 0.364. The highest BCUT2D eigenvalue weighted by Gasteiger charge is 2.29. The topological polar surface area (TPSA) is 78.8 Å². The third kappa shape index (κ3) is 3.28. The van der Waals surface area contributed by atoms with E-state index in [-0.39, 0.29) is 10.6 Å². The van der Waals surface area contributed by atoms with E-state index in [0.717, 1.165) is 0 Å². The highest BCUT2D eigenvalue weighted by molar-refractivity contribution is 7.89. The molecule has 17 heavy (non-hydrogen) atoms. The minimum Gasteiger partial charge on any atom is -0.411 e. The maximum Gasteiger partial charge on any atom is 0.241 e. The molecule has 0 aromatic heterocycles. The Labute approximate surface area is 101 Å². The van der Waals surface area contributed by atoms with E-state index >= 15 is 0 Å². The van der Waals surface area contributed by atoms with E-state index in [0.29, 0.717) is 0 Å². The van der Waals surface area contributed by atoms with E-state index in [9.17, 15) is 8.42 Å². The average Bonchev–Trinajstić information content (AvgIpc) is 2.27. The molecule has 6 heteroatoms. The maximum atomic E-state index is 12.0. The van der Waals surface area contributed by atoms with Crippen molar-refractivity contribution in [3.8, 4) is 0 Å². The zero-order valence-corrected chi connectivity index (χ0v) is 10.8. The molecule has 0 aliphatic heterocycles. The van der Waals surface area contributed by atoms with Crippen LogP contribution in [0.15, 0.2) is 40.4 Å². The Hall–Kier alpha value is -1.40. The fourth-order valence-electron chi connectivity index (χ4n) is 1.19. The van der Waals surface area contributed by atoms with Crippen molar-refractivity contribution >= 4 is 15.7 Å².